The number of aromatic nitrogens is 1. The second kappa shape index (κ2) is 6.84. The van der Waals surface area contributed by atoms with Gasteiger partial charge < -0.3 is 14.8 Å². The summed E-state index contributed by atoms with van der Waals surface area (Å²) in [6, 6.07) is 4.72. The Labute approximate surface area is 136 Å². The number of carbonyl (C=O) groups is 1. The first-order chi connectivity index (χ1) is 10.7. The first-order valence-electron chi connectivity index (χ1n) is 8.18. The van der Waals surface area contributed by atoms with Crippen LogP contribution in [0.3, 0.4) is 0 Å². The lowest BCUT2D eigenvalue weighted by molar-refractivity contribution is 0.0941. The molecule has 22 heavy (non-hydrogen) atoms. The van der Waals surface area contributed by atoms with Crippen molar-refractivity contribution in [3.63, 3.8) is 0 Å². The molecule has 1 aliphatic carbocycles. The van der Waals surface area contributed by atoms with Crippen molar-refractivity contribution in [2.45, 2.75) is 38.1 Å². The zero-order chi connectivity index (χ0) is 15.5. The van der Waals surface area contributed by atoms with E-state index in [0.717, 1.165) is 25.2 Å². The van der Waals surface area contributed by atoms with Crippen LogP contribution in [-0.4, -0.2) is 42.6 Å². The summed E-state index contributed by atoms with van der Waals surface area (Å²) in [5.74, 6) is 0.0778. The van der Waals surface area contributed by atoms with Gasteiger partial charge in [0, 0.05) is 12.6 Å². The van der Waals surface area contributed by atoms with Crippen LogP contribution in [0.5, 0.6) is 0 Å². The van der Waals surface area contributed by atoms with E-state index in [1.165, 1.54) is 35.9 Å². The quantitative estimate of drug-likeness (QED) is 0.828. The molecule has 2 heterocycles. The van der Waals surface area contributed by atoms with Crippen LogP contribution in [0.4, 0.5) is 0 Å². The number of nitrogens with one attached hydrogen (secondary N) is 1. The topological polar surface area (TPSA) is 37.3 Å². The lowest BCUT2D eigenvalue weighted by Crippen LogP contribution is -2.29. The number of hydrogen-bond donors (Lipinski definition) is 1. The number of amides is 1. The van der Waals surface area contributed by atoms with Gasteiger partial charge in [-0.05, 0) is 57.4 Å². The van der Waals surface area contributed by atoms with Crippen LogP contribution in [-0.2, 0) is 0 Å². The normalized spacial score (nSPS) is 16.0. The standard InChI is InChI=1S/C17H25N3OS/c1-19(2)10-5-9-18-17(21)15-12-16-14(8-11-22-16)20(15)13-6-3-4-7-13/h8,11-13H,3-7,9-10H2,1-2H3,(H,18,21). The van der Waals surface area contributed by atoms with Gasteiger partial charge in [-0.2, -0.15) is 0 Å². The van der Waals surface area contributed by atoms with E-state index in [9.17, 15) is 4.79 Å². The first kappa shape index (κ1) is 15.6. The molecule has 120 valence electrons. The Morgan fingerprint density at radius 3 is 2.91 bits per heavy atom. The zero-order valence-electron chi connectivity index (χ0n) is 13.5. The predicted molar refractivity (Wildman–Crippen MR) is 92.8 cm³/mol. The summed E-state index contributed by atoms with van der Waals surface area (Å²) in [4.78, 5) is 14.7. The lowest BCUT2D eigenvalue weighted by atomic mass is 10.2. The molecule has 0 saturated heterocycles. The fraction of sp³-hybridized carbons (Fsp3) is 0.588. The molecule has 0 aromatic carbocycles. The molecule has 2 aromatic heterocycles. The van der Waals surface area contributed by atoms with Gasteiger partial charge >= 0.3 is 0 Å². The van der Waals surface area contributed by atoms with Gasteiger partial charge in [0.2, 0.25) is 0 Å². The van der Waals surface area contributed by atoms with E-state index in [-0.39, 0.29) is 5.91 Å². The Morgan fingerprint density at radius 2 is 2.18 bits per heavy atom. The molecule has 0 radical (unpaired) electrons. The van der Waals surface area contributed by atoms with Crippen molar-refractivity contribution in [1.82, 2.24) is 14.8 Å². The molecule has 0 bridgehead atoms. The van der Waals surface area contributed by atoms with Gasteiger partial charge in [-0.25, -0.2) is 0 Å². The highest BCUT2D eigenvalue weighted by atomic mass is 32.1. The molecule has 1 N–H and O–H groups in total. The molecule has 1 saturated carbocycles. The third kappa shape index (κ3) is 3.20. The smallest absolute Gasteiger partial charge is 0.267 e. The average molecular weight is 319 g/mol. The number of rotatable bonds is 6. The Balaban J connectivity index is 1.75. The molecule has 0 spiro atoms. The maximum atomic E-state index is 12.6. The summed E-state index contributed by atoms with van der Waals surface area (Å²) in [7, 11) is 4.11. The Bertz CT molecular complexity index is 637. The van der Waals surface area contributed by atoms with Gasteiger partial charge in [-0.1, -0.05) is 12.8 Å². The van der Waals surface area contributed by atoms with E-state index in [1.54, 1.807) is 11.3 Å². The summed E-state index contributed by atoms with van der Waals surface area (Å²) in [5.41, 5.74) is 2.08. The highest BCUT2D eigenvalue weighted by Crippen LogP contribution is 2.36. The van der Waals surface area contributed by atoms with Gasteiger partial charge in [0.15, 0.2) is 0 Å². The van der Waals surface area contributed by atoms with Crippen molar-refractivity contribution in [2.24, 2.45) is 0 Å². The zero-order valence-corrected chi connectivity index (χ0v) is 14.3. The van der Waals surface area contributed by atoms with Gasteiger partial charge in [0.1, 0.15) is 5.69 Å². The second-order valence-corrected chi connectivity index (χ2v) is 7.37. The maximum absolute atomic E-state index is 12.6. The highest BCUT2D eigenvalue weighted by molar-refractivity contribution is 7.17. The number of fused-ring (bicyclic) bond motifs is 1. The summed E-state index contributed by atoms with van der Waals surface area (Å²) >= 11 is 1.72. The molecule has 5 heteroatoms. The van der Waals surface area contributed by atoms with E-state index in [0.29, 0.717) is 6.04 Å². The Hall–Kier alpha value is -1.33. The van der Waals surface area contributed by atoms with Gasteiger partial charge in [-0.3, -0.25) is 4.79 Å². The molecule has 1 aliphatic rings. The van der Waals surface area contributed by atoms with Crippen LogP contribution in [0.1, 0.15) is 48.6 Å². The number of hydrogen-bond acceptors (Lipinski definition) is 3. The number of thiophene rings is 1. The van der Waals surface area contributed by atoms with Crippen molar-refractivity contribution >= 4 is 27.5 Å². The van der Waals surface area contributed by atoms with Crippen LogP contribution in [0.25, 0.3) is 10.2 Å². The number of nitrogens with zero attached hydrogens (tertiary/aromatic N) is 2. The predicted octanol–water partition coefficient (Wildman–Crippen LogP) is 3.50. The Kier molecular flexibility index (Phi) is 4.84. The van der Waals surface area contributed by atoms with Gasteiger partial charge in [0.05, 0.1) is 10.2 Å². The minimum absolute atomic E-state index is 0.0778. The molecule has 0 unspecified atom stereocenters. The summed E-state index contributed by atoms with van der Waals surface area (Å²) in [5, 5.41) is 5.21. The SMILES string of the molecule is CN(C)CCCNC(=O)c1cc2sccc2n1C1CCCC1. The molecule has 1 amide bonds. The van der Waals surface area contributed by atoms with E-state index in [2.05, 4.69) is 46.4 Å². The third-order valence-corrected chi connectivity index (χ3v) is 5.30. The molecule has 3 rings (SSSR count). The molecule has 2 aromatic rings. The largest absolute Gasteiger partial charge is 0.351 e. The van der Waals surface area contributed by atoms with Crippen molar-refractivity contribution in [3.05, 3.63) is 23.2 Å². The maximum Gasteiger partial charge on any atom is 0.267 e. The van der Waals surface area contributed by atoms with Gasteiger partial charge in [-0.15, -0.1) is 11.3 Å². The molecular weight excluding hydrogens is 294 g/mol. The van der Waals surface area contributed by atoms with E-state index in [1.807, 2.05) is 0 Å². The highest BCUT2D eigenvalue weighted by Gasteiger charge is 2.24. The minimum Gasteiger partial charge on any atom is -0.351 e. The summed E-state index contributed by atoms with van der Waals surface area (Å²) in [6.45, 7) is 1.74. The van der Waals surface area contributed by atoms with Crippen molar-refractivity contribution in [2.75, 3.05) is 27.2 Å². The molecular formula is C17H25N3OS. The fourth-order valence-electron chi connectivity index (χ4n) is 3.36. The van der Waals surface area contributed by atoms with Crippen molar-refractivity contribution in [1.29, 1.82) is 0 Å². The van der Waals surface area contributed by atoms with E-state index in [4.69, 9.17) is 0 Å². The molecule has 0 atom stereocenters. The fourth-order valence-corrected chi connectivity index (χ4v) is 4.17. The minimum atomic E-state index is 0.0778. The summed E-state index contributed by atoms with van der Waals surface area (Å²) < 4.78 is 3.52. The van der Waals surface area contributed by atoms with Crippen LogP contribution >= 0.6 is 11.3 Å². The number of carbonyl (C=O) groups excluding carboxylic acids is 1. The van der Waals surface area contributed by atoms with Crippen LogP contribution < -0.4 is 5.32 Å². The third-order valence-electron chi connectivity index (χ3n) is 4.45. The summed E-state index contributed by atoms with van der Waals surface area (Å²) in [6.07, 6.45) is 5.93. The first-order valence-corrected chi connectivity index (χ1v) is 9.06. The van der Waals surface area contributed by atoms with Crippen LogP contribution in [0.15, 0.2) is 17.5 Å². The van der Waals surface area contributed by atoms with Crippen molar-refractivity contribution < 1.29 is 4.79 Å². The van der Waals surface area contributed by atoms with Crippen LogP contribution in [0.2, 0.25) is 0 Å². The Morgan fingerprint density at radius 1 is 1.41 bits per heavy atom. The van der Waals surface area contributed by atoms with E-state index < -0.39 is 0 Å². The average Bonchev–Trinajstić information content (AvgIpc) is 3.17. The van der Waals surface area contributed by atoms with E-state index >= 15 is 0 Å². The molecule has 1 fully saturated rings. The lowest BCUT2D eigenvalue weighted by Gasteiger charge is -2.17. The van der Waals surface area contributed by atoms with Crippen LogP contribution in [0, 0.1) is 0 Å². The second-order valence-electron chi connectivity index (χ2n) is 6.42. The molecule has 0 aliphatic heterocycles. The monoisotopic (exact) mass is 319 g/mol. The van der Waals surface area contributed by atoms with Gasteiger partial charge in [0.25, 0.3) is 5.91 Å². The van der Waals surface area contributed by atoms with Crippen molar-refractivity contribution in [3.8, 4) is 0 Å². The molecule has 4 nitrogen and oxygen atoms in total.